The van der Waals surface area contributed by atoms with E-state index >= 15 is 0 Å². The number of carbonyl (C=O) groups excluding carboxylic acids is 2. The number of ether oxygens (including phenoxy) is 1. The van der Waals surface area contributed by atoms with Crippen molar-refractivity contribution in [3.63, 3.8) is 0 Å². The number of carbonyl (C=O) groups is 2. The van der Waals surface area contributed by atoms with Crippen LogP contribution in [0.4, 0.5) is 5.69 Å². The molecule has 0 N–H and O–H groups in total. The van der Waals surface area contributed by atoms with E-state index < -0.39 is 10.0 Å². The van der Waals surface area contributed by atoms with Crippen LogP contribution in [0.1, 0.15) is 48.0 Å². The molecular formula is C18H23NO5S. The molecule has 0 bridgehead atoms. The number of Topliss-reactive ketones (excluding diaryl/α,β-unsaturated/α-hetero) is 1. The topological polar surface area (TPSA) is 80.8 Å². The number of benzene rings is 1. The molecule has 1 aliphatic heterocycles. The molecule has 1 saturated carbocycles. The van der Waals surface area contributed by atoms with Crippen molar-refractivity contribution in [3.8, 4) is 0 Å². The minimum absolute atomic E-state index is 0.0788. The molecule has 1 fully saturated rings. The number of fused-ring (bicyclic) bond motifs is 1. The molecule has 1 aliphatic carbocycles. The molecule has 1 heterocycles. The van der Waals surface area contributed by atoms with E-state index in [0.717, 1.165) is 37.7 Å². The molecule has 3 rings (SSSR count). The van der Waals surface area contributed by atoms with Crippen molar-refractivity contribution in [3.05, 3.63) is 29.3 Å². The third-order valence-electron chi connectivity index (χ3n) is 4.94. The van der Waals surface area contributed by atoms with Gasteiger partial charge < -0.3 is 4.74 Å². The van der Waals surface area contributed by atoms with Crippen molar-refractivity contribution in [1.29, 1.82) is 0 Å². The van der Waals surface area contributed by atoms with Crippen molar-refractivity contribution in [2.24, 2.45) is 5.92 Å². The van der Waals surface area contributed by atoms with Gasteiger partial charge in [0.05, 0.1) is 17.9 Å². The molecule has 0 spiro atoms. The lowest BCUT2D eigenvalue weighted by Gasteiger charge is -2.19. The Labute approximate surface area is 148 Å². The number of nitrogens with zero attached hydrogens (tertiary/aromatic N) is 1. The average Bonchev–Trinajstić information content (AvgIpc) is 3.03. The van der Waals surface area contributed by atoms with Crippen LogP contribution in [-0.4, -0.2) is 39.6 Å². The van der Waals surface area contributed by atoms with Gasteiger partial charge in [0.1, 0.15) is 0 Å². The van der Waals surface area contributed by atoms with Crippen molar-refractivity contribution in [2.45, 2.75) is 38.5 Å². The maximum atomic E-state index is 12.3. The first kappa shape index (κ1) is 17.9. The summed E-state index contributed by atoms with van der Waals surface area (Å²) in [6.45, 7) is 0.131. The highest BCUT2D eigenvalue weighted by molar-refractivity contribution is 7.92. The molecule has 0 aromatic heterocycles. The molecule has 25 heavy (non-hydrogen) atoms. The molecule has 1 aromatic rings. The fourth-order valence-electron chi connectivity index (χ4n) is 3.57. The first-order valence-corrected chi connectivity index (χ1v) is 10.5. The number of hydrogen-bond acceptors (Lipinski definition) is 5. The van der Waals surface area contributed by atoms with Crippen LogP contribution in [0.5, 0.6) is 0 Å². The Bertz CT molecular complexity index is 781. The first-order chi connectivity index (χ1) is 11.9. The van der Waals surface area contributed by atoms with Crippen LogP contribution in [-0.2, 0) is 26.0 Å². The van der Waals surface area contributed by atoms with Crippen molar-refractivity contribution in [2.75, 3.05) is 23.7 Å². The summed E-state index contributed by atoms with van der Waals surface area (Å²) in [5.41, 5.74) is 1.90. The van der Waals surface area contributed by atoms with E-state index in [-0.39, 0.29) is 24.3 Å². The maximum Gasteiger partial charge on any atom is 0.309 e. The second kappa shape index (κ2) is 7.15. The number of esters is 1. The van der Waals surface area contributed by atoms with Gasteiger partial charge in [-0.1, -0.05) is 19.3 Å². The van der Waals surface area contributed by atoms with Gasteiger partial charge in [0.2, 0.25) is 10.0 Å². The van der Waals surface area contributed by atoms with Crippen LogP contribution < -0.4 is 4.31 Å². The Morgan fingerprint density at radius 1 is 1.20 bits per heavy atom. The lowest BCUT2D eigenvalue weighted by molar-refractivity contribution is -0.148. The van der Waals surface area contributed by atoms with Gasteiger partial charge in [-0.05, 0) is 43.0 Å². The number of ketones is 1. The van der Waals surface area contributed by atoms with Gasteiger partial charge in [-0.2, -0.15) is 0 Å². The van der Waals surface area contributed by atoms with Gasteiger partial charge >= 0.3 is 5.97 Å². The average molecular weight is 365 g/mol. The van der Waals surface area contributed by atoms with E-state index in [2.05, 4.69) is 0 Å². The summed E-state index contributed by atoms with van der Waals surface area (Å²) in [6, 6.07) is 4.95. The molecule has 136 valence electrons. The van der Waals surface area contributed by atoms with Crippen molar-refractivity contribution in [1.82, 2.24) is 0 Å². The molecule has 0 radical (unpaired) electrons. The van der Waals surface area contributed by atoms with Gasteiger partial charge in [-0.15, -0.1) is 0 Å². The van der Waals surface area contributed by atoms with E-state index in [1.807, 2.05) is 0 Å². The highest BCUT2D eigenvalue weighted by atomic mass is 32.2. The van der Waals surface area contributed by atoms with Crippen LogP contribution in [0.2, 0.25) is 0 Å². The molecular weight excluding hydrogens is 342 g/mol. The van der Waals surface area contributed by atoms with Crippen LogP contribution in [0.3, 0.4) is 0 Å². The summed E-state index contributed by atoms with van der Waals surface area (Å²) < 4.78 is 30.0. The summed E-state index contributed by atoms with van der Waals surface area (Å²) in [5.74, 6) is -0.618. The summed E-state index contributed by atoms with van der Waals surface area (Å²) in [6.07, 6.45) is 6.66. The van der Waals surface area contributed by atoms with E-state index in [9.17, 15) is 18.0 Å². The fraction of sp³-hybridized carbons (Fsp3) is 0.556. The standard InChI is InChI=1S/C18H23NO5S/c1-25(22,23)19-10-9-14-11-15(7-8-16(14)19)17(20)12-24-18(21)13-5-3-2-4-6-13/h7-8,11,13H,2-6,9-10,12H2,1H3. The summed E-state index contributed by atoms with van der Waals surface area (Å²) in [4.78, 5) is 24.3. The molecule has 7 heteroatoms. The zero-order valence-electron chi connectivity index (χ0n) is 14.4. The molecule has 6 nitrogen and oxygen atoms in total. The SMILES string of the molecule is CS(=O)(=O)N1CCc2cc(C(=O)COC(=O)C3CCCCC3)ccc21. The Balaban J connectivity index is 1.63. The molecule has 1 aromatic carbocycles. The van der Waals surface area contributed by atoms with E-state index in [1.165, 1.54) is 10.6 Å². The quantitative estimate of drug-likeness (QED) is 0.591. The van der Waals surface area contributed by atoms with Crippen molar-refractivity contribution < 1.29 is 22.7 Å². The molecule has 2 aliphatic rings. The van der Waals surface area contributed by atoms with Crippen molar-refractivity contribution >= 4 is 27.5 Å². The Morgan fingerprint density at radius 2 is 1.92 bits per heavy atom. The molecule has 0 saturated heterocycles. The molecule has 0 atom stereocenters. The van der Waals surface area contributed by atoms with E-state index in [4.69, 9.17) is 4.74 Å². The van der Waals surface area contributed by atoms with Crippen LogP contribution in [0, 0.1) is 5.92 Å². The second-order valence-corrected chi connectivity index (χ2v) is 8.70. The van der Waals surface area contributed by atoms with Crippen LogP contribution in [0.15, 0.2) is 18.2 Å². The molecule has 0 unspecified atom stereocenters. The highest BCUT2D eigenvalue weighted by Crippen LogP contribution is 2.31. The minimum Gasteiger partial charge on any atom is -0.457 e. The summed E-state index contributed by atoms with van der Waals surface area (Å²) in [5, 5.41) is 0. The van der Waals surface area contributed by atoms with Crippen LogP contribution in [0.25, 0.3) is 0 Å². The number of hydrogen-bond donors (Lipinski definition) is 0. The van der Waals surface area contributed by atoms with Gasteiger partial charge in [0, 0.05) is 12.1 Å². The predicted octanol–water partition coefficient (Wildman–Crippen LogP) is 2.31. The van der Waals surface area contributed by atoms with Gasteiger partial charge in [0.15, 0.2) is 12.4 Å². The normalized spacial score (nSPS) is 18.0. The van der Waals surface area contributed by atoms with Crippen LogP contribution >= 0.6 is 0 Å². The smallest absolute Gasteiger partial charge is 0.309 e. The lowest BCUT2D eigenvalue weighted by Crippen LogP contribution is -2.27. The minimum atomic E-state index is -3.30. The number of sulfonamides is 1. The summed E-state index contributed by atoms with van der Waals surface area (Å²) in [7, 11) is -3.30. The Hall–Kier alpha value is -1.89. The van der Waals surface area contributed by atoms with E-state index in [0.29, 0.717) is 24.2 Å². The Kier molecular flexibility index (Phi) is 5.13. The highest BCUT2D eigenvalue weighted by Gasteiger charge is 2.27. The second-order valence-electron chi connectivity index (χ2n) is 6.79. The number of anilines is 1. The largest absolute Gasteiger partial charge is 0.457 e. The van der Waals surface area contributed by atoms with E-state index in [1.54, 1.807) is 18.2 Å². The summed E-state index contributed by atoms with van der Waals surface area (Å²) >= 11 is 0. The zero-order chi connectivity index (χ0) is 18.0. The lowest BCUT2D eigenvalue weighted by atomic mass is 9.89. The fourth-order valence-corrected chi connectivity index (χ4v) is 4.52. The van der Waals surface area contributed by atoms with Gasteiger partial charge in [-0.3, -0.25) is 13.9 Å². The monoisotopic (exact) mass is 365 g/mol. The predicted molar refractivity (Wildman–Crippen MR) is 94.2 cm³/mol. The Morgan fingerprint density at radius 3 is 2.60 bits per heavy atom. The number of rotatable bonds is 5. The third kappa shape index (κ3) is 4.03. The zero-order valence-corrected chi connectivity index (χ0v) is 15.2. The van der Waals surface area contributed by atoms with Gasteiger partial charge in [0.25, 0.3) is 0 Å². The first-order valence-electron chi connectivity index (χ1n) is 8.67. The molecule has 0 amide bonds. The van der Waals surface area contributed by atoms with Gasteiger partial charge in [-0.25, -0.2) is 8.42 Å². The third-order valence-corrected chi connectivity index (χ3v) is 6.12. The maximum absolute atomic E-state index is 12.3.